The SMILES string of the molecule is CC[C@@H](C)NC(=O)[C@H](CC)N(Cc1ccccc1C)C(=O)CCSc1ccc(C)cc1. The first kappa shape index (κ1) is 25.0. The van der Waals surface area contributed by atoms with E-state index in [0.717, 1.165) is 22.4 Å². The topological polar surface area (TPSA) is 49.4 Å². The van der Waals surface area contributed by atoms with E-state index in [1.165, 1.54) is 5.56 Å². The van der Waals surface area contributed by atoms with E-state index in [0.29, 0.717) is 25.1 Å². The summed E-state index contributed by atoms with van der Waals surface area (Å²) in [5.41, 5.74) is 3.44. The molecule has 2 amide bonds. The summed E-state index contributed by atoms with van der Waals surface area (Å²) in [6.07, 6.45) is 1.85. The predicted molar refractivity (Wildman–Crippen MR) is 130 cm³/mol. The van der Waals surface area contributed by atoms with Crippen molar-refractivity contribution in [3.63, 3.8) is 0 Å². The minimum atomic E-state index is -0.467. The second kappa shape index (κ2) is 12.6. The lowest BCUT2D eigenvalue weighted by Gasteiger charge is -2.32. The number of rotatable bonds is 11. The molecule has 0 aliphatic rings. The maximum atomic E-state index is 13.3. The van der Waals surface area contributed by atoms with Crippen LogP contribution in [0.1, 0.15) is 56.7 Å². The third kappa shape index (κ3) is 7.73. The molecule has 31 heavy (non-hydrogen) atoms. The summed E-state index contributed by atoms with van der Waals surface area (Å²) in [5.74, 6) is 0.647. The lowest BCUT2D eigenvalue weighted by molar-refractivity contribution is -0.141. The standard InChI is InChI=1S/C26H36N2O2S/c1-6-21(5)27-26(30)24(7-2)28(18-22-11-9-8-10-20(22)4)25(29)16-17-31-23-14-12-19(3)13-15-23/h8-15,21,24H,6-7,16-18H2,1-5H3,(H,27,30)/t21-,24+/m1/s1. The van der Waals surface area contributed by atoms with Crippen molar-refractivity contribution in [2.24, 2.45) is 0 Å². The van der Waals surface area contributed by atoms with Gasteiger partial charge in [-0.15, -0.1) is 11.8 Å². The molecule has 0 aromatic heterocycles. The molecular formula is C26H36N2O2S. The summed E-state index contributed by atoms with van der Waals surface area (Å²) < 4.78 is 0. The molecule has 0 bridgehead atoms. The molecule has 4 nitrogen and oxygen atoms in total. The fourth-order valence-corrected chi connectivity index (χ4v) is 4.21. The summed E-state index contributed by atoms with van der Waals surface area (Å²) in [5, 5.41) is 3.07. The average molecular weight is 441 g/mol. The second-order valence-corrected chi connectivity index (χ2v) is 9.27. The molecular weight excluding hydrogens is 404 g/mol. The number of benzene rings is 2. The van der Waals surface area contributed by atoms with Gasteiger partial charge in [0.2, 0.25) is 11.8 Å². The van der Waals surface area contributed by atoms with Crippen molar-refractivity contribution >= 4 is 23.6 Å². The normalized spacial score (nSPS) is 12.8. The van der Waals surface area contributed by atoms with E-state index in [-0.39, 0.29) is 17.9 Å². The van der Waals surface area contributed by atoms with Gasteiger partial charge in [0.1, 0.15) is 6.04 Å². The predicted octanol–water partition coefficient (Wildman–Crippen LogP) is 5.51. The molecule has 0 spiro atoms. The number of carbonyl (C=O) groups is 2. The van der Waals surface area contributed by atoms with Gasteiger partial charge in [-0.05, 0) is 56.9 Å². The zero-order chi connectivity index (χ0) is 22.8. The van der Waals surface area contributed by atoms with Crippen LogP contribution >= 0.6 is 11.8 Å². The Morgan fingerprint density at radius 2 is 1.68 bits per heavy atom. The zero-order valence-electron chi connectivity index (χ0n) is 19.5. The highest BCUT2D eigenvalue weighted by atomic mass is 32.2. The molecule has 1 N–H and O–H groups in total. The van der Waals surface area contributed by atoms with Crippen LogP contribution in [0.4, 0.5) is 0 Å². The molecule has 0 unspecified atom stereocenters. The Labute approximate surface area is 191 Å². The van der Waals surface area contributed by atoms with Crippen LogP contribution in [-0.4, -0.2) is 34.6 Å². The van der Waals surface area contributed by atoms with Gasteiger partial charge in [0.15, 0.2) is 0 Å². The summed E-state index contributed by atoms with van der Waals surface area (Å²) in [4.78, 5) is 29.2. The summed E-state index contributed by atoms with van der Waals surface area (Å²) in [6.45, 7) is 10.6. The smallest absolute Gasteiger partial charge is 0.243 e. The first-order valence-electron chi connectivity index (χ1n) is 11.2. The molecule has 0 aliphatic carbocycles. The van der Waals surface area contributed by atoms with Gasteiger partial charge in [-0.2, -0.15) is 0 Å². The Balaban J connectivity index is 2.14. The second-order valence-electron chi connectivity index (χ2n) is 8.10. The number of carbonyl (C=O) groups excluding carboxylic acids is 2. The Kier molecular flexibility index (Phi) is 10.1. The molecule has 5 heteroatoms. The van der Waals surface area contributed by atoms with E-state index in [1.54, 1.807) is 16.7 Å². The van der Waals surface area contributed by atoms with E-state index >= 15 is 0 Å². The fraction of sp³-hybridized carbons (Fsp3) is 0.462. The van der Waals surface area contributed by atoms with Gasteiger partial charge in [0.25, 0.3) is 0 Å². The van der Waals surface area contributed by atoms with Crippen LogP contribution in [0.25, 0.3) is 0 Å². The van der Waals surface area contributed by atoms with Crippen molar-refractivity contribution in [1.82, 2.24) is 10.2 Å². The van der Waals surface area contributed by atoms with Crippen molar-refractivity contribution in [3.8, 4) is 0 Å². The summed E-state index contributed by atoms with van der Waals surface area (Å²) in [7, 11) is 0. The molecule has 0 aliphatic heterocycles. The van der Waals surface area contributed by atoms with Crippen LogP contribution in [0.5, 0.6) is 0 Å². The van der Waals surface area contributed by atoms with Crippen LogP contribution < -0.4 is 5.32 Å². The number of amides is 2. The molecule has 168 valence electrons. The first-order valence-corrected chi connectivity index (χ1v) is 12.2. The molecule has 0 radical (unpaired) electrons. The first-order chi connectivity index (χ1) is 14.8. The van der Waals surface area contributed by atoms with Crippen LogP contribution in [-0.2, 0) is 16.1 Å². The highest BCUT2D eigenvalue weighted by molar-refractivity contribution is 7.99. The summed E-state index contributed by atoms with van der Waals surface area (Å²) >= 11 is 1.68. The number of hydrogen-bond acceptors (Lipinski definition) is 3. The third-order valence-corrected chi connectivity index (χ3v) is 6.61. The van der Waals surface area contributed by atoms with Crippen molar-refractivity contribution in [2.45, 2.75) is 77.4 Å². The number of nitrogens with one attached hydrogen (secondary N) is 1. The van der Waals surface area contributed by atoms with Gasteiger partial charge < -0.3 is 10.2 Å². The van der Waals surface area contributed by atoms with Crippen molar-refractivity contribution in [1.29, 1.82) is 0 Å². The van der Waals surface area contributed by atoms with E-state index in [2.05, 4.69) is 36.5 Å². The maximum absolute atomic E-state index is 13.3. The van der Waals surface area contributed by atoms with Gasteiger partial charge in [0, 0.05) is 29.7 Å². The van der Waals surface area contributed by atoms with Crippen LogP contribution in [0, 0.1) is 13.8 Å². The number of thioether (sulfide) groups is 1. The van der Waals surface area contributed by atoms with Crippen LogP contribution in [0.2, 0.25) is 0 Å². The van der Waals surface area contributed by atoms with Crippen molar-refractivity contribution < 1.29 is 9.59 Å². The van der Waals surface area contributed by atoms with E-state index < -0.39 is 6.04 Å². The highest BCUT2D eigenvalue weighted by Gasteiger charge is 2.29. The van der Waals surface area contributed by atoms with Crippen LogP contribution in [0.15, 0.2) is 53.4 Å². The average Bonchev–Trinajstić information content (AvgIpc) is 2.76. The van der Waals surface area contributed by atoms with Gasteiger partial charge in [-0.25, -0.2) is 0 Å². The quantitative estimate of drug-likeness (QED) is 0.469. The largest absolute Gasteiger partial charge is 0.352 e. The molecule has 0 saturated heterocycles. The summed E-state index contributed by atoms with van der Waals surface area (Å²) in [6, 6.07) is 16.0. The van der Waals surface area contributed by atoms with Gasteiger partial charge in [0.05, 0.1) is 0 Å². The Morgan fingerprint density at radius 1 is 1.00 bits per heavy atom. The van der Waals surface area contributed by atoms with Gasteiger partial charge >= 0.3 is 0 Å². The van der Waals surface area contributed by atoms with Crippen molar-refractivity contribution in [3.05, 3.63) is 65.2 Å². The number of aryl methyl sites for hydroxylation is 2. The lowest BCUT2D eigenvalue weighted by atomic mass is 10.1. The molecule has 2 aromatic carbocycles. The highest BCUT2D eigenvalue weighted by Crippen LogP contribution is 2.21. The lowest BCUT2D eigenvalue weighted by Crippen LogP contribution is -2.50. The molecule has 2 aromatic rings. The molecule has 0 heterocycles. The zero-order valence-corrected chi connectivity index (χ0v) is 20.3. The third-order valence-electron chi connectivity index (χ3n) is 5.59. The Bertz CT molecular complexity index is 851. The fourth-order valence-electron chi connectivity index (χ4n) is 3.37. The molecule has 2 atom stereocenters. The van der Waals surface area contributed by atoms with Gasteiger partial charge in [-0.3, -0.25) is 9.59 Å². The molecule has 2 rings (SSSR count). The van der Waals surface area contributed by atoms with Gasteiger partial charge in [-0.1, -0.05) is 55.8 Å². The van der Waals surface area contributed by atoms with E-state index in [1.807, 2.05) is 52.0 Å². The monoisotopic (exact) mass is 440 g/mol. The minimum Gasteiger partial charge on any atom is -0.352 e. The van der Waals surface area contributed by atoms with E-state index in [4.69, 9.17) is 0 Å². The maximum Gasteiger partial charge on any atom is 0.243 e. The van der Waals surface area contributed by atoms with Crippen molar-refractivity contribution in [2.75, 3.05) is 5.75 Å². The number of nitrogens with zero attached hydrogens (tertiary/aromatic N) is 1. The minimum absolute atomic E-state index is 0.0222. The Morgan fingerprint density at radius 3 is 2.29 bits per heavy atom. The molecule has 0 saturated carbocycles. The number of hydrogen-bond donors (Lipinski definition) is 1. The van der Waals surface area contributed by atoms with E-state index in [9.17, 15) is 9.59 Å². The Hall–Kier alpha value is -2.27. The molecule has 0 fully saturated rings. The van der Waals surface area contributed by atoms with Crippen LogP contribution in [0.3, 0.4) is 0 Å².